The third kappa shape index (κ3) is 3.66. The van der Waals surface area contributed by atoms with Crippen molar-refractivity contribution in [3.8, 4) is 0 Å². The molecule has 1 fully saturated rings. The highest BCUT2D eigenvalue weighted by Crippen LogP contribution is 2.22. The van der Waals surface area contributed by atoms with Gasteiger partial charge in [-0.15, -0.1) is 0 Å². The number of rotatable bonds is 5. The van der Waals surface area contributed by atoms with Crippen molar-refractivity contribution in [1.82, 2.24) is 4.90 Å². The van der Waals surface area contributed by atoms with Crippen LogP contribution in [0, 0.1) is 17.5 Å². The Hall–Kier alpha value is -1.86. The van der Waals surface area contributed by atoms with E-state index in [1.165, 1.54) is 4.90 Å². The number of amides is 1. The number of halogens is 3. The molecule has 1 atom stereocenters. The predicted octanol–water partition coefficient (Wildman–Crippen LogP) is 1.77. The van der Waals surface area contributed by atoms with E-state index >= 15 is 0 Å². The number of aliphatic hydroxyl groups is 1. The molecule has 1 aromatic carbocycles. The van der Waals surface area contributed by atoms with Gasteiger partial charge in [0.15, 0.2) is 17.5 Å². The van der Waals surface area contributed by atoms with E-state index in [-0.39, 0.29) is 25.3 Å². The maximum atomic E-state index is 13.2. The molecule has 22 heavy (non-hydrogen) atoms. The molecule has 1 heterocycles. The van der Waals surface area contributed by atoms with Crippen molar-refractivity contribution >= 4 is 5.91 Å². The van der Waals surface area contributed by atoms with Gasteiger partial charge in [0.1, 0.15) is 5.60 Å². The number of ether oxygens (including phenoxy) is 1. The Balaban J connectivity index is 2.19. The van der Waals surface area contributed by atoms with E-state index in [2.05, 4.69) is 6.58 Å². The second-order valence-electron chi connectivity index (χ2n) is 5.30. The highest BCUT2D eigenvalue weighted by Gasteiger charge is 2.35. The van der Waals surface area contributed by atoms with E-state index in [0.29, 0.717) is 13.0 Å². The molecule has 2 rings (SSSR count). The Bertz CT molecular complexity index is 562. The molecule has 7 heteroatoms. The van der Waals surface area contributed by atoms with E-state index in [1.807, 2.05) is 0 Å². The van der Waals surface area contributed by atoms with E-state index < -0.39 is 29.0 Å². The molecule has 0 bridgehead atoms. The highest BCUT2D eigenvalue weighted by atomic mass is 19.2. The summed E-state index contributed by atoms with van der Waals surface area (Å²) in [5.74, 6) is -4.73. The van der Waals surface area contributed by atoms with Gasteiger partial charge in [-0.25, -0.2) is 13.2 Å². The summed E-state index contributed by atoms with van der Waals surface area (Å²) < 4.78 is 44.5. The summed E-state index contributed by atoms with van der Waals surface area (Å²) in [5, 5.41) is 10.3. The van der Waals surface area contributed by atoms with Crippen molar-refractivity contribution < 1.29 is 27.8 Å². The maximum absolute atomic E-state index is 13.2. The second kappa shape index (κ2) is 6.50. The van der Waals surface area contributed by atoms with Gasteiger partial charge in [0.05, 0.1) is 13.2 Å². The minimum Gasteiger partial charge on any atom is -0.386 e. The average Bonchev–Trinajstić information content (AvgIpc) is 2.89. The van der Waals surface area contributed by atoms with Gasteiger partial charge in [-0.3, -0.25) is 4.79 Å². The SMILES string of the molecule is C=CC(=O)N(Cc1cc(F)c(F)c(F)c1)CC1(O)CCOC1. The normalized spacial score (nSPS) is 20.9. The summed E-state index contributed by atoms with van der Waals surface area (Å²) in [6.45, 7) is 3.54. The molecular weight excluding hydrogens is 299 g/mol. The molecule has 1 amide bonds. The first-order valence-corrected chi connectivity index (χ1v) is 6.69. The van der Waals surface area contributed by atoms with Crippen molar-refractivity contribution in [1.29, 1.82) is 0 Å². The molecule has 0 radical (unpaired) electrons. The molecule has 1 aliphatic rings. The number of carbonyl (C=O) groups excluding carboxylic acids is 1. The Morgan fingerprint density at radius 2 is 2.05 bits per heavy atom. The molecule has 1 N–H and O–H groups in total. The standard InChI is InChI=1S/C15H16F3NO3/c1-2-13(20)19(8-15(21)3-4-22-9-15)7-10-5-11(16)14(18)12(17)6-10/h2,5-6,21H,1,3-4,7-9H2. The minimum absolute atomic E-state index is 0.0695. The molecule has 1 aromatic rings. The zero-order valence-electron chi connectivity index (χ0n) is 11.8. The van der Waals surface area contributed by atoms with Crippen LogP contribution >= 0.6 is 0 Å². The van der Waals surface area contributed by atoms with Crippen LogP contribution < -0.4 is 0 Å². The molecule has 1 aliphatic heterocycles. The Morgan fingerprint density at radius 3 is 2.55 bits per heavy atom. The molecule has 0 aliphatic carbocycles. The first kappa shape index (κ1) is 16.5. The Kier molecular flexibility index (Phi) is 4.87. The van der Waals surface area contributed by atoms with E-state index in [0.717, 1.165) is 18.2 Å². The summed E-state index contributed by atoms with van der Waals surface area (Å²) in [7, 11) is 0. The van der Waals surface area contributed by atoms with Crippen molar-refractivity contribution in [3.05, 3.63) is 47.8 Å². The van der Waals surface area contributed by atoms with Crippen LogP contribution in [0.1, 0.15) is 12.0 Å². The van der Waals surface area contributed by atoms with Gasteiger partial charge in [0.25, 0.3) is 0 Å². The first-order chi connectivity index (χ1) is 10.3. The third-order valence-corrected chi connectivity index (χ3v) is 3.47. The molecule has 0 saturated carbocycles. The van der Waals surface area contributed by atoms with Gasteiger partial charge in [-0.05, 0) is 23.8 Å². The van der Waals surface area contributed by atoms with E-state index in [9.17, 15) is 23.1 Å². The molecule has 0 aromatic heterocycles. The fourth-order valence-corrected chi connectivity index (χ4v) is 2.34. The van der Waals surface area contributed by atoms with Crippen LogP contribution in [0.15, 0.2) is 24.8 Å². The lowest BCUT2D eigenvalue weighted by Crippen LogP contribution is -2.45. The maximum Gasteiger partial charge on any atom is 0.246 e. The average molecular weight is 315 g/mol. The number of hydrogen-bond acceptors (Lipinski definition) is 3. The number of hydrogen-bond donors (Lipinski definition) is 1. The van der Waals surface area contributed by atoms with E-state index in [4.69, 9.17) is 4.74 Å². The summed E-state index contributed by atoms with van der Waals surface area (Å²) in [4.78, 5) is 13.1. The molecule has 120 valence electrons. The minimum atomic E-state index is -1.56. The van der Waals surface area contributed by atoms with Crippen LogP contribution in [-0.2, 0) is 16.1 Å². The molecular formula is C15H16F3NO3. The van der Waals surface area contributed by atoms with Gasteiger partial charge in [-0.1, -0.05) is 6.58 Å². The fourth-order valence-electron chi connectivity index (χ4n) is 2.34. The summed E-state index contributed by atoms with van der Waals surface area (Å²) >= 11 is 0. The fraction of sp³-hybridized carbons (Fsp3) is 0.400. The van der Waals surface area contributed by atoms with Crippen LogP contribution in [0.3, 0.4) is 0 Å². The van der Waals surface area contributed by atoms with Crippen molar-refractivity contribution in [3.63, 3.8) is 0 Å². The predicted molar refractivity (Wildman–Crippen MR) is 72.3 cm³/mol. The zero-order valence-corrected chi connectivity index (χ0v) is 11.8. The summed E-state index contributed by atoms with van der Waals surface area (Å²) in [6.07, 6.45) is 1.38. The quantitative estimate of drug-likeness (QED) is 0.665. The van der Waals surface area contributed by atoms with Gasteiger partial charge in [0.2, 0.25) is 5.91 Å². The van der Waals surface area contributed by atoms with Crippen LogP contribution in [-0.4, -0.2) is 41.3 Å². The molecule has 0 spiro atoms. The van der Waals surface area contributed by atoms with Gasteiger partial charge in [0, 0.05) is 19.6 Å². The first-order valence-electron chi connectivity index (χ1n) is 6.69. The molecule has 1 unspecified atom stereocenters. The van der Waals surface area contributed by atoms with Crippen molar-refractivity contribution in [2.24, 2.45) is 0 Å². The zero-order chi connectivity index (χ0) is 16.3. The van der Waals surface area contributed by atoms with Gasteiger partial charge in [-0.2, -0.15) is 0 Å². The lowest BCUT2D eigenvalue weighted by atomic mass is 10.0. The van der Waals surface area contributed by atoms with Crippen LogP contribution in [0.5, 0.6) is 0 Å². The molecule has 4 nitrogen and oxygen atoms in total. The van der Waals surface area contributed by atoms with Crippen molar-refractivity contribution in [2.75, 3.05) is 19.8 Å². The third-order valence-electron chi connectivity index (χ3n) is 3.47. The Morgan fingerprint density at radius 1 is 1.41 bits per heavy atom. The molecule has 1 saturated heterocycles. The van der Waals surface area contributed by atoms with E-state index in [1.54, 1.807) is 0 Å². The van der Waals surface area contributed by atoms with Crippen molar-refractivity contribution in [2.45, 2.75) is 18.6 Å². The van der Waals surface area contributed by atoms with Crippen LogP contribution in [0.2, 0.25) is 0 Å². The summed E-state index contributed by atoms with van der Waals surface area (Å²) in [6, 6.07) is 1.63. The monoisotopic (exact) mass is 315 g/mol. The Labute approximate surface area is 125 Å². The second-order valence-corrected chi connectivity index (χ2v) is 5.30. The highest BCUT2D eigenvalue weighted by molar-refractivity contribution is 5.87. The largest absolute Gasteiger partial charge is 0.386 e. The van der Waals surface area contributed by atoms with Gasteiger partial charge >= 0.3 is 0 Å². The van der Waals surface area contributed by atoms with Crippen LogP contribution in [0.25, 0.3) is 0 Å². The topological polar surface area (TPSA) is 49.8 Å². The van der Waals surface area contributed by atoms with Crippen LogP contribution in [0.4, 0.5) is 13.2 Å². The smallest absolute Gasteiger partial charge is 0.246 e. The van der Waals surface area contributed by atoms with Gasteiger partial charge < -0.3 is 14.7 Å². The lowest BCUT2D eigenvalue weighted by Gasteiger charge is -2.29. The number of benzene rings is 1. The number of carbonyl (C=O) groups is 1. The lowest BCUT2D eigenvalue weighted by molar-refractivity contribution is -0.130. The summed E-state index contributed by atoms with van der Waals surface area (Å²) in [5.41, 5.74) is -1.13. The number of nitrogens with zero attached hydrogens (tertiary/aromatic N) is 1.